The maximum Gasteiger partial charge on any atom is 0.115 e. The Labute approximate surface area is 143 Å². The Kier molecular flexibility index (Phi) is 3.35. The summed E-state index contributed by atoms with van der Waals surface area (Å²) in [5.41, 5.74) is 5.23. The van der Waals surface area contributed by atoms with Gasteiger partial charge in [0.2, 0.25) is 0 Å². The minimum Gasteiger partial charge on any atom is -0.348 e. The molecule has 4 rings (SSSR count). The van der Waals surface area contributed by atoms with Crippen molar-refractivity contribution in [2.45, 2.75) is 0 Å². The number of H-pyrrole nitrogens is 2. The molecule has 0 saturated carbocycles. The third-order valence-electron chi connectivity index (χ3n) is 3.38. The normalized spacial score (nSPS) is 11.2. The van der Waals surface area contributed by atoms with Crippen molar-refractivity contribution in [2.24, 2.45) is 0 Å². The Morgan fingerprint density at radius 1 is 0.636 bits per heavy atom. The van der Waals surface area contributed by atoms with Crippen LogP contribution >= 0.6 is 31.9 Å². The monoisotopic (exact) mass is 416 g/mol. The molecule has 4 nitrogen and oxygen atoms in total. The number of hydrogen-bond acceptors (Lipinski definition) is 2. The number of halogens is 2. The summed E-state index contributed by atoms with van der Waals surface area (Å²) in [6.07, 6.45) is 0. The topological polar surface area (TPSA) is 57.4 Å². The summed E-state index contributed by atoms with van der Waals surface area (Å²) in [7, 11) is 0. The third kappa shape index (κ3) is 2.38. The molecule has 0 radical (unpaired) electrons. The highest BCUT2D eigenvalue weighted by Crippen LogP contribution is 2.31. The van der Waals surface area contributed by atoms with Gasteiger partial charge in [-0.05, 0) is 68.3 Å². The molecule has 22 heavy (non-hydrogen) atoms. The smallest absolute Gasteiger partial charge is 0.115 e. The second kappa shape index (κ2) is 5.37. The van der Waals surface area contributed by atoms with E-state index in [0.29, 0.717) is 0 Å². The molecule has 3 heterocycles. The zero-order valence-corrected chi connectivity index (χ0v) is 14.4. The van der Waals surface area contributed by atoms with Crippen molar-refractivity contribution in [2.75, 3.05) is 0 Å². The molecule has 108 valence electrons. The molecular formula is C16H10Br2N4. The zero-order chi connectivity index (χ0) is 15.1. The first kappa shape index (κ1) is 13.7. The summed E-state index contributed by atoms with van der Waals surface area (Å²) < 4.78 is 1.83. The van der Waals surface area contributed by atoms with Crippen LogP contribution in [0.2, 0.25) is 0 Å². The number of aromatic amines is 2. The van der Waals surface area contributed by atoms with E-state index in [2.05, 4.69) is 41.8 Å². The van der Waals surface area contributed by atoms with Crippen molar-refractivity contribution in [3.8, 4) is 22.8 Å². The first-order valence-corrected chi connectivity index (χ1v) is 8.26. The number of aromatic nitrogens is 4. The highest BCUT2D eigenvalue weighted by Gasteiger charge is 2.15. The van der Waals surface area contributed by atoms with Crippen molar-refractivity contribution < 1.29 is 0 Å². The number of benzene rings is 1. The van der Waals surface area contributed by atoms with E-state index >= 15 is 0 Å². The Morgan fingerprint density at radius 3 is 1.45 bits per heavy atom. The van der Waals surface area contributed by atoms with E-state index in [0.717, 1.165) is 43.0 Å². The van der Waals surface area contributed by atoms with Crippen LogP contribution in [0.25, 0.3) is 33.8 Å². The van der Waals surface area contributed by atoms with E-state index in [1.807, 2.05) is 48.5 Å². The van der Waals surface area contributed by atoms with Gasteiger partial charge in [-0.3, -0.25) is 0 Å². The molecule has 0 aliphatic heterocycles. The van der Waals surface area contributed by atoms with Crippen LogP contribution in [0.1, 0.15) is 0 Å². The Bertz CT molecular complexity index is 892. The highest BCUT2D eigenvalue weighted by molar-refractivity contribution is 9.10. The lowest BCUT2D eigenvalue weighted by Gasteiger charge is -2.07. The Morgan fingerprint density at radius 2 is 1.09 bits per heavy atom. The van der Waals surface area contributed by atoms with E-state index in [4.69, 9.17) is 9.97 Å². The number of rotatable bonds is 2. The van der Waals surface area contributed by atoms with Gasteiger partial charge in [0.05, 0.1) is 31.6 Å². The summed E-state index contributed by atoms with van der Waals surface area (Å²) >= 11 is 6.89. The number of fused-ring (bicyclic) bond motifs is 1. The van der Waals surface area contributed by atoms with Gasteiger partial charge in [-0.15, -0.1) is 0 Å². The van der Waals surface area contributed by atoms with Gasteiger partial charge in [0.1, 0.15) is 11.4 Å². The largest absolute Gasteiger partial charge is 0.348 e. The molecule has 0 aliphatic rings. The maximum atomic E-state index is 4.79. The van der Waals surface area contributed by atoms with Crippen LogP contribution in [-0.2, 0) is 0 Å². The predicted molar refractivity (Wildman–Crippen MR) is 94.5 cm³/mol. The number of hydrogen-bond donors (Lipinski definition) is 2. The van der Waals surface area contributed by atoms with Crippen molar-refractivity contribution >= 4 is 42.9 Å². The second-order valence-corrected chi connectivity index (χ2v) is 6.56. The van der Waals surface area contributed by atoms with Gasteiger partial charge in [-0.25, -0.2) is 9.97 Å². The molecule has 6 heteroatoms. The summed E-state index contributed by atoms with van der Waals surface area (Å²) in [5, 5.41) is 0. The fraction of sp³-hybridized carbons (Fsp3) is 0. The quantitative estimate of drug-likeness (QED) is 0.474. The van der Waals surface area contributed by atoms with Crippen LogP contribution in [0.15, 0.2) is 57.7 Å². The van der Waals surface area contributed by atoms with Gasteiger partial charge in [-0.1, -0.05) is 12.1 Å². The number of nitrogens with one attached hydrogen (secondary N) is 2. The summed E-state index contributed by atoms with van der Waals surface area (Å²) in [6, 6.07) is 15.8. The number of para-hydroxylation sites is 2. The SMILES string of the molecule is Brc1ccc(-c2nc3ccccc3nc2-c2ccc(Br)[nH]2)[nH]1. The lowest BCUT2D eigenvalue weighted by atomic mass is 10.1. The van der Waals surface area contributed by atoms with Gasteiger partial charge in [0, 0.05) is 0 Å². The van der Waals surface area contributed by atoms with Crippen molar-refractivity contribution in [3.63, 3.8) is 0 Å². The first-order chi connectivity index (χ1) is 10.7. The molecule has 0 amide bonds. The standard InChI is InChI=1S/C16H10Br2N4/c17-13-7-5-11(19-13)15-16(12-6-8-14(18)20-12)22-10-4-2-1-3-9(10)21-15/h1-8,19-20H. The average Bonchev–Trinajstić information content (AvgIpc) is 3.14. The molecule has 1 aromatic carbocycles. The zero-order valence-electron chi connectivity index (χ0n) is 11.3. The van der Waals surface area contributed by atoms with Gasteiger partial charge in [0.15, 0.2) is 0 Å². The van der Waals surface area contributed by atoms with Gasteiger partial charge >= 0.3 is 0 Å². The van der Waals surface area contributed by atoms with Gasteiger partial charge < -0.3 is 9.97 Å². The fourth-order valence-corrected chi connectivity index (χ4v) is 3.08. The van der Waals surface area contributed by atoms with Gasteiger partial charge in [0.25, 0.3) is 0 Å². The Hall–Kier alpha value is -1.92. The van der Waals surface area contributed by atoms with E-state index < -0.39 is 0 Å². The van der Waals surface area contributed by atoms with Crippen LogP contribution in [0.5, 0.6) is 0 Å². The van der Waals surface area contributed by atoms with Crippen molar-refractivity contribution in [3.05, 3.63) is 57.7 Å². The molecule has 0 saturated heterocycles. The maximum absolute atomic E-state index is 4.79. The summed E-state index contributed by atoms with van der Waals surface area (Å²) in [6.45, 7) is 0. The molecule has 0 spiro atoms. The van der Waals surface area contributed by atoms with E-state index in [1.54, 1.807) is 0 Å². The molecule has 3 aromatic heterocycles. The van der Waals surface area contributed by atoms with Crippen LogP contribution in [0, 0.1) is 0 Å². The second-order valence-electron chi connectivity index (χ2n) is 4.85. The summed E-state index contributed by atoms with van der Waals surface area (Å²) in [4.78, 5) is 16.1. The molecule has 4 aromatic rings. The first-order valence-electron chi connectivity index (χ1n) is 6.67. The average molecular weight is 418 g/mol. The molecule has 0 fully saturated rings. The van der Waals surface area contributed by atoms with E-state index in [9.17, 15) is 0 Å². The molecule has 0 atom stereocenters. The molecule has 0 bridgehead atoms. The van der Waals surface area contributed by atoms with E-state index in [-0.39, 0.29) is 0 Å². The van der Waals surface area contributed by atoms with Crippen LogP contribution < -0.4 is 0 Å². The predicted octanol–water partition coefficient (Wildman–Crippen LogP) is 5.15. The molecule has 0 unspecified atom stereocenters. The minimum absolute atomic E-state index is 0.818. The van der Waals surface area contributed by atoms with Crippen LogP contribution in [0.4, 0.5) is 0 Å². The number of nitrogens with zero attached hydrogens (tertiary/aromatic N) is 2. The lowest BCUT2D eigenvalue weighted by Crippen LogP contribution is -1.95. The van der Waals surface area contributed by atoms with Crippen LogP contribution in [0.3, 0.4) is 0 Å². The van der Waals surface area contributed by atoms with Crippen molar-refractivity contribution in [1.29, 1.82) is 0 Å². The minimum atomic E-state index is 0.818. The highest BCUT2D eigenvalue weighted by atomic mass is 79.9. The molecule has 2 N–H and O–H groups in total. The lowest BCUT2D eigenvalue weighted by molar-refractivity contribution is 1.23. The van der Waals surface area contributed by atoms with E-state index in [1.165, 1.54) is 0 Å². The fourth-order valence-electron chi connectivity index (χ4n) is 2.39. The van der Waals surface area contributed by atoms with Gasteiger partial charge in [-0.2, -0.15) is 0 Å². The molecular weight excluding hydrogens is 408 g/mol. The Balaban J connectivity index is 2.03. The molecule has 0 aliphatic carbocycles. The van der Waals surface area contributed by atoms with Crippen molar-refractivity contribution in [1.82, 2.24) is 19.9 Å². The third-order valence-corrected chi connectivity index (χ3v) is 4.31. The summed E-state index contributed by atoms with van der Waals surface area (Å²) in [5.74, 6) is 0. The van der Waals surface area contributed by atoms with Crippen LogP contribution in [-0.4, -0.2) is 19.9 Å².